The van der Waals surface area contributed by atoms with Crippen molar-refractivity contribution in [2.45, 2.75) is 71.0 Å². The maximum absolute atomic E-state index is 12.8. The fourth-order valence-corrected chi connectivity index (χ4v) is 3.57. The van der Waals surface area contributed by atoms with E-state index in [0.717, 1.165) is 25.7 Å². The fourth-order valence-electron chi connectivity index (χ4n) is 3.57. The molecule has 2 saturated heterocycles. The molecule has 0 aliphatic carbocycles. The van der Waals surface area contributed by atoms with Crippen LogP contribution in [0.25, 0.3) is 0 Å². The first-order valence-electron chi connectivity index (χ1n) is 7.77. The zero-order valence-electron chi connectivity index (χ0n) is 12.7. The van der Waals surface area contributed by atoms with E-state index in [9.17, 15) is 14.7 Å². The highest BCUT2D eigenvalue weighted by Gasteiger charge is 2.41. The molecule has 2 heterocycles. The van der Waals surface area contributed by atoms with Crippen molar-refractivity contribution in [1.82, 2.24) is 9.80 Å². The molecule has 114 valence electrons. The molecular formula is C15H26N2O3. The molecule has 20 heavy (non-hydrogen) atoms. The van der Waals surface area contributed by atoms with Crippen LogP contribution in [0.2, 0.25) is 0 Å². The quantitative estimate of drug-likeness (QED) is 0.846. The topological polar surface area (TPSA) is 60.9 Å². The molecule has 2 aliphatic rings. The summed E-state index contributed by atoms with van der Waals surface area (Å²) in [6.45, 7) is 6.79. The van der Waals surface area contributed by atoms with Gasteiger partial charge in [-0.15, -0.1) is 0 Å². The average Bonchev–Trinajstić information content (AvgIpc) is 2.78. The molecule has 0 aromatic carbocycles. The molecule has 0 bridgehead atoms. The fraction of sp³-hybridized carbons (Fsp3) is 0.867. The molecule has 2 fully saturated rings. The zero-order valence-corrected chi connectivity index (χ0v) is 12.7. The second-order valence-corrected chi connectivity index (χ2v) is 6.36. The van der Waals surface area contributed by atoms with Crippen LogP contribution in [0.15, 0.2) is 0 Å². The molecule has 5 nitrogen and oxygen atoms in total. The van der Waals surface area contributed by atoms with Crippen LogP contribution < -0.4 is 0 Å². The van der Waals surface area contributed by atoms with Crippen LogP contribution in [0.3, 0.4) is 0 Å². The summed E-state index contributed by atoms with van der Waals surface area (Å²) in [5, 5.41) is 9.39. The number of carboxylic acids is 1. The van der Waals surface area contributed by atoms with Gasteiger partial charge >= 0.3 is 12.0 Å². The van der Waals surface area contributed by atoms with Crippen molar-refractivity contribution in [2.24, 2.45) is 5.92 Å². The summed E-state index contributed by atoms with van der Waals surface area (Å²) < 4.78 is 0. The van der Waals surface area contributed by atoms with Crippen molar-refractivity contribution in [2.75, 3.05) is 6.54 Å². The first kappa shape index (κ1) is 15.1. The molecular weight excluding hydrogens is 256 g/mol. The molecule has 2 amide bonds. The molecule has 4 atom stereocenters. The summed E-state index contributed by atoms with van der Waals surface area (Å²) >= 11 is 0. The summed E-state index contributed by atoms with van der Waals surface area (Å²) in [6, 6.07) is -0.231. The van der Waals surface area contributed by atoms with Gasteiger partial charge in [0.2, 0.25) is 0 Å². The van der Waals surface area contributed by atoms with E-state index in [-0.39, 0.29) is 18.1 Å². The maximum Gasteiger partial charge on any atom is 0.326 e. The molecule has 4 unspecified atom stereocenters. The Morgan fingerprint density at radius 2 is 1.90 bits per heavy atom. The Hall–Kier alpha value is -1.26. The highest BCUT2D eigenvalue weighted by Crippen LogP contribution is 2.30. The second kappa shape index (κ2) is 6.02. The monoisotopic (exact) mass is 282 g/mol. The minimum atomic E-state index is -0.871. The number of likely N-dealkylation sites (tertiary alicyclic amines) is 2. The summed E-state index contributed by atoms with van der Waals surface area (Å²) in [6.07, 6.45) is 4.46. The van der Waals surface area contributed by atoms with Crippen molar-refractivity contribution < 1.29 is 14.7 Å². The van der Waals surface area contributed by atoms with Gasteiger partial charge in [0, 0.05) is 18.6 Å². The molecule has 0 aromatic heterocycles. The molecule has 0 spiro atoms. The lowest BCUT2D eigenvalue weighted by molar-refractivity contribution is -0.144. The number of nitrogens with zero attached hydrogens (tertiary/aromatic N) is 2. The number of carbonyl (C=O) groups excluding carboxylic acids is 1. The van der Waals surface area contributed by atoms with Gasteiger partial charge in [-0.2, -0.15) is 0 Å². The van der Waals surface area contributed by atoms with Crippen molar-refractivity contribution >= 4 is 12.0 Å². The lowest BCUT2D eigenvalue weighted by Crippen LogP contribution is -2.56. The smallest absolute Gasteiger partial charge is 0.326 e. The van der Waals surface area contributed by atoms with Crippen molar-refractivity contribution in [1.29, 1.82) is 0 Å². The number of urea groups is 1. The van der Waals surface area contributed by atoms with Gasteiger partial charge in [-0.1, -0.05) is 13.8 Å². The van der Waals surface area contributed by atoms with E-state index in [1.165, 1.54) is 0 Å². The van der Waals surface area contributed by atoms with E-state index in [4.69, 9.17) is 0 Å². The summed E-state index contributed by atoms with van der Waals surface area (Å²) in [5.41, 5.74) is 0. The van der Waals surface area contributed by atoms with Crippen LogP contribution in [-0.2, 0) is 4.79 Å². The van der Waals surface area contributed by atoms with E-state index in [1.807, 2.05) is 4.90 Å². The lowest BCUT2D eigenvalue weighted by atomic mass is 9.92. The van der Waals surface area contributed by atoms with E-state index in [0.29, 0.717) is 18.9 Å². The SMILES string of the molecule is CCC1CCC(C)N1C(=O)N1CCC(C)CC1C(=O)O. The molecule has 5 heteroatoms. The van der Waals surface area contributed by atoms with Crippen LogP contribution in [0.4, 0.5) is 4.79 Å². The Morgan fingerprint density at radius 1 is 1.20 bits per heavy atom. The largest absolute Gasteiger partial charge is 0.480 e. The first-order valence-corrected chi connectivity index (χ1v) is 7.77. The van der Waals surface area contributed by atoms with Crippen LogP contribution in [0, 0.1) is 5.92 Å². The van der Waals surface area contributed by atoms with Crippen LogP contribution >= 0.6 is 0 Å². The molecule has 0 radical (unpaired) electrons. The number of hydrogen-bond acceptors (Lipinski definition) is 2. The maximum atomic E-state index is 12.8. The van der Waals surface area contributed by atoms with Gasteiger partial charge in [-0.3, -0.25) is 0 Å². The highest BCUT2D eigenvalue weighted by atomic mass is 16.4. The Labute approximate surface area is 120 Å². The number of rotatable bonds is 2. The Kier molecular flexibility index (Phi) is 4.55. The van der Waals surface area contributed by atoms with Crippen molar-refractivity contribution in [3.63, 3.8) is 0 Å². The summed E-state index contributed by atoms with van der Waals surface area (Å²) in [5.74, 6) is -0.497. The van der Waals surface area contributed by atoms with E-state index in [1.54, 1.807) is 4.90 Å². The number of piperidine rings is 1. The highest BCUT2D eigenvalue weighted by molar-refractivity contribution is 5.83. The molecule has 1 N–H and O–H groups in total. The minimum Gasteiger partial charge on any atom is -0.480 e. The molecule has 2 aliphatic heterocycles. The Balaban J connectivity index is 2.15. The van der Waals surface area contributed by atoms with Gasteiger partial charge in [0.25, 0.3) is 0 Å². The molecule has 0 saturated carbocycles. The van der Waals surface area contributed by atoms with Crippen LogP contribution in [0.5, 0.6) is 0 Å². The van der Waals surface area contributed by atoms with Gasteiger partial charge in [0.1, 0.15) is 6.04 Å². The summed E-state index contributed by atoms with van der Waals surface area (Å²) in [7, 11) is 0. The Bertz CT molecular complexity index is 385. The van der Waals surface area contributed by atoms with Gasteiger partial charge in [0.15, 0.2) is 0 Å². The summed E-state index contributed by atoms with van der Waals surface area (Å²) in [4.78, 5) is 27.8. The van der Waals surface area contributed by atoms with E-state index >= 15 is 0 Å². The number of carbonyl (C=O) groups is 2. The first-order chi connectivity index (χ1) is 9.45. The van der Waals surface area contributed by atoms with Crippen LogP contribution in [-0.4, -0.2) is 51.6 Å². The molecule has 0 aromatic rings. The van der Waals surface area contributed by atoms with E-state index in [2.05, 4.69) is 20.8 Å². The van der Waals surface area contributed by atoms with Gasteiger partial charge < -0.3 is 14.9 Å². The standard InChI is InChI=1S/C15H26N2O3/c1-4-12-6-5-11(3)17(12)15(20)16-8-7-10(2)9-13(16)14(18)19/h10-13H,4-9H2,1-3H3,(H,18,19). The van der Waals surface area contributed by atoms with Crippen LogP contribution in [0.1, 0.15) is 52.9 Å². The number of aliphatic carboxylic acids is 1. The third-order valence-electron chi connectivity index (χ3n) is 4.87. The van der Waals surface area contributed by atoms with Gasteiger partial charge in [-0.25, -0.2) is 9.59 Å². The lowest BCUT2D eigenvalue weighted by Gasteiger charge is -2.40. The van der Waals surface area contributed by atoms with Crippen molar-refractivity contribution in [3.05, 3.63) is 0 Å². The average molecular weight is 282 g/mol. The third-order valence-corrected chi connectivity index (χ3v) is 4.87. The Morgan fingerprint density at radius 3 is 2.50 bits per heavy atom. The number of amides is 2. The van der Waals surface area contributed by atoms with Crippen molar-refractivity contribution in [3.8, 4) is 0 Å². The van der Waals surface area contributed by atoms with Gasteiger partial charge in [-0.05, 0) is 44.9 Å². The van der Waals surface area contributed by atoms with E-state index < -0.39 is 12.0 Å². The van der Waals surface area contributed by atoms with Gasteiger partial charge in [0.05, 0.1) is 0 Å². The predicted octanol–water partition coefficient (Wildman–Crippen LogP) is 2.55. The third kappa shape index (κ3) is 2.76. The predicted molar refractivity (Wildman–Crippen MR) is 76.5 cm³/mol. The number of hydrogen-bond donors (Lipinski definition) is 1. The zero-order chi connectivity index (χ0) is 14.9. The minimum absolute atomic E-state index is 0.0684. The normalized spacial score (nSPS) is 34.4. The number of carboxylic acid groups (broad SMARTS) is 1. The molecule has 2 rings (SSSR count). The second-order valence-electron chi connectivity index (χ2n) is 6.36.